The van der Waals surface area contributed by atoms with Crippen molar-refractivity contribution in [3.05, 3.63) is 93.9 Å². The van der Waals surface area contributed by atoms with E-state index in [1.54, 1.807) is 63.5 Å². The van der Waals surface area contributed by atoms with Crippen LogP contribution in [-0.2, 0) is 34.8 Å². The number of nitrogens with zero attached hydrogens (tertiary/aromatic N) is 5. The molecule has 398 valence electrons. The lowest BCUT2D eigenvalue weighted by Crippen LogP contribution is -2.58. The van der Waals surface area contributed by atoms with Crippen LogP contribution in [-0.4, -0.2) is 125 Å². The van der Waals surface area contributed by atoms with Gasteiger partial charge in [-0.05, 0) is 98.4 Å². The normalized spacial score (nSPS) is 17.7. The molecule has 2 aromatic heterocycles. The van der Waals surface area contributed by atoms with E-state index in [9.17, 15) is 37.5 Å². The molecule has 6 N–H and O–H groups in total. The van der Waals surface area contributed by atoms with E-state index in [1.807, 2.05) is 50.2 Å². The van der Waals surface area contributed by atoms with E-state index in [-0.39, 0.29) is 62.9 Å². The number of amides is 4. The first kappa shape index (κ1) is 55.3. The molecule has 5 aromatic rings. The highest BCUT2D eigenvalue weighted by molar-refractivity contribution is 7.13. The predicted molar refractivity (Wildman–Crippen MR) is 275 cm³/mol. The minimum atomic E-state index is -4.56. The molecule has 17 nitrogen and oxygen atoms in total. The van der Waals surface area contributed by atoms with Gasteiger partial charge in [-0.1, -0.05) is 45.0 Å². The van der Waals surface area contributed by atoms with Gasteiger partial charge in [-0.15, -0.1) is 11.3 Å². The molecule has 5 atom stereocenters. The smallest absolute Gasteiger partial charge is 0.416 e. The fraction of sp³-hybridized carbons (Fsp3) is 0.491. The van der Waals surface area contributed by atoms with E-state index in [1.165, 1.54) is 11.0 Å². The third-order valence-electron chi connectivity index (χ3n) is 13.5. The number of nitrogens with two attached hydrogens (primary N) is 1. The number of aryl methyl sites for hydroxylation is 2. The van der Waals surface area contributed by atoms with Gasteiger partial charge in [0.15, 0.2) is 0 Å². The highest BCUT2D eigenvalue weighted by atomic mass is 32.1. The zero-order chi connectivity index (χ0) is 53.6. The molecule has 0 spiro atoms. The number of nitrogen functional groups attached to an aromatic ring is 1. The van der Waals surface area contributed by atoms with Crippen LogP contribution in [0.5, 0.6) is 5.75 Å². The Morgan fingerprint density at radius 3 is 2.23 bits per heavy atom. The summed E-state index contributed by atoms with van der Waals surface area (Å²) in [4.78, 5) is 71.9. The van der Waals surface area contributed by atoms with Crippen molar-refractivity contribution in [3.8, 4) is 16.2 Å². The van der Waals surface area contributed by atoms with Gasteiger partial charge in [-0.2, -0.15) is 13.2 Å². The lowest BCUT2D eigenvalue weighted by atomic mass is 9.85. The first-order chi connectivity index (χ1) is 35.0. The summed E-state index contributed by atoms with van der Waals surface area (Å²) in [5, 5.41) is 20.4. The molecular weight excluding hydrogens is 980 g/mol. The van der Waals surface area contributed by atoms with Crippen LogP contribution in [0.1, 0.15) is 106 Å². The van der Waals surface area contributed by atoms with Gasteiger partial charge in [0, 0.05) is 43.2 Å². The number of carbonyl (C=O) groups is 4. The van der Waals surface area contributed by atoms with Crippen molar-refractivity contribution >= 4 is 57.4 Å². The molecule has 74 heavy (non-hydrogen) atoms. The zero-order valence-electron chi connectivity index (χ0n) is 43.0. The Morgan fingerprint density at radius 1 is 0.905 bits per heavy atom. The summed E-state index contributed by atoms with van der Waals surface area (Å²) in [5.41, 5.74) is 10.7. The van der Waals surface area contributed by atoms with Gasteiger partial charge in [0.2, 0.25) is 23.6 Å². The molecule has 3 aromatic carbocycles. The van der Waals surface area contributed by atoms with Crippen molar-refractivity contribution in [1.82, 2.24) is 35.4 Å². The monoisotopic (exact) mass is 1050 g/mol. The number of hydrogen-bond acceptors (Lipinski definition) is 14. The fourth-order valence-electron chi connectivity index (χ4n) is 9.47. The zero-order valence-corrected chi connectivity index (χ0v) is 43.8. The van der Waals surface area contributed by atoms with Crippen molar-refractivity contribution in [2.75, 3.05) is 64.2 Å². The quantitative estimate of drug-likeness (QED) is 0.0431. The van der Waals surface area contributed by atoms with Gasteiger partial charge in [0.25, 0.3) is 0 Å². The summed E-state index contributed by atoms with van der Waals surface area (Å²) in [6, 6.07) is 12.1. The van der Waals surface area contributed by atoms with E-state index < -0.39 is 59.1 Å². The number of benzene rings is 3. The topological polar surface area (TPSA) is 223 Å². The van der Waals surface area contributed by atoms with E-state index in [4.69, 9.17) is 19.9 Å². The SMILES string of the molecule is COc1cc2nc(C)nc(N[C@H](C)c3cc(N)cc(C(F)(F)F)c3)c2cc1C1CCN(C(=O)COCCOCC(=O)N[C@H](C(=O)N2C[C@H](O)C[C@H]2C(=O)N[C@@H](C)c2ccc(-c3scnc3C)cc2)C(C)(C)C)CC1. The molecular formula is C53H66F3N9O8S. The number of anilines is 2. The predicted octanol–water partition coefficient (Wildman–Crippen LogP) is 7.26. The number of thiazole rings is 1. The number of aliphatic hydroxyl groups is 1. The fourth-order valence-corrected chi connectivity index (χ4v) is 10.3. The van der Waals surface area contributed by atoms with E-state index >= 15 is 0 Å². The molecule has 2 fully saturated rings. The van der Waals surface area contributed by atoms with Crippen LogP contribution in [0.2, 0.25) is 0 Å². The Balaban J connectivity index is 0.863. The molecule has 0 aliphatic carbocycles. The first-order valence-electron chi connectivity index (χ1n) is 24.6. The maximum atomic E-state index is 14.1. The molecule has 21 heteroatoms. The summed E-state index contributed by atoms with van der Waals surface area (Å²) >= 11 is 1.56. The number of carbonyl (C=O) groups excluding carboxylic acids is 4. The molecule has 4 amide bonds. The van der Waals surface area contributed by atoms with Gasteiger partial charge < -0.3 is 50.8 Å². The van der Waals surface area contributed by atoms with E-state index in [2.05, 4.69) is 30.9 Å². The van der Waals surface area contributed by atoms with E-state index in [0.717, 1.165) is 39.4 Å². The lowest BCUT2D eigenvalue weighted by molar-refractivity contribution is -0.145. The molecule has 2 aliphatic rings. The summed E-state index contributed by atoms with van der Waals surface area (Å²) in [6.07, 6.45) is -4.19. The molecule has 0 unspecified atom stereocenters. The molecule has 7 rings (SSSR count). The molecule has 0 saturated carbocycles. The average molecular weight is 1050 g/mol. The number of halogens is 3. The molecule has 0 bridgehead atoms. The van der Waals surface area contributed by atoms with Gasteiger partial charge in [0.1, 0.15) is 42.7 Å². The Bertz CT molecular complexity index is 2820. The average Bonchev–Trinajstić information content (AvgIpc) is 3.97. The molecule has 0 radical (unpaired) electrons. The lowest BCUT2D eigenvalue weighted by Gasteiger charge is -2.35. The largest absolute Gasteiger partial charge is 0.496 e. The van der Waals surface area contributed by atoms with Crippen molar-refractivity contribution < 1.29 is 51.7 Å². The van der Waals surface area contributed by atoms with Crippen LogP contribution in [0.25, 0.3) is 21.3 Å². The number of methoxy groups -OCH3 is 1. The molecule has 2 saturated heterocycles. The van der Waals surface area contributed by atoms with Gasteiger partial charge >= 0.3 is 6.18 Å². The number of likely N-dealkylation sites (tertiary alicyclic amines) is 2. The van der Waals surface area contributed by atoms with Crippen LogP contribution in [0.4, 0.5) is 24.7 Å². The van der Waals surface area contributed by atoms with E-state index in [0.29, 0.717) is 59.8 Å². The highest BCUT2D eigenvalue weighted by Crippen LogP contribution is 2.40. The van der Waals surface area contributed by atoms with Gasteiger partial charge in [0.05, 0.1) is 65.7 Å². The second kappa shape index (κ2) is 23.4. The summed E-state index contributed by atoms with van der Waals surface area (Å²) in [7, 11) is 1.57. The summed E-state index contributed by atoms with van der Waals surface area (Å²) < 4.78 is 57.8. The summed E-state index contributed by atoms with van der Waals surface area (Å²) in [6.45, 7) is 12.9. The van der Waals surface area contributed by atoms with Crippen LogP contribution < -0.4 is 26.4 Å². The third-order valence-corrected chi connectivity index (χ3v) is 14.5. The van der Waals surface area contributed by atoms with Crippen molar-refractivity contribution in [3.63, 3.8) is 0 Å². The highest BCUT2D eigenvalue weighted by Gasteiger charge is 2.45. The van der Waals surface area contributed by atoms with Gasteiger partial charge in [-0.25, -0.2) is 15.0 Å². The number of rotatable bonds is 18. The van der Waals surface area contributed by atoms with Crippen molar-refractivity contribution in [1.29, 1.82) is 0 Å². The summed E-state index contributed by atoms with van der Waals surface area (Å²) in [5.74, 6) is -0.138. The number of nitrogens with one attached hydrogen (secondary N) is 3. The Kier molecular flexibility index (Phi) is 17.5. The maximum Gasteiger partial charge on any atom is 0.416 e. The number of β-amino-alcohol motifs (C(OH)–C–C–N with tert-alkyl or cyclic N) is 1. The standard InChI is InChI=1S/C53H66F3N9O8S/c1-29(33-9-11-35(12-10-33)47-31(3)58-28-74-47)60-50(69)43-22-39(66)25-65(43)51(70)48(52(5,6)7)63-45(67)26-72-17-18-73-27-46(68)64-15-13-34(14-16-64)40-23-41-42(24-44(40)71-8)61-32(4)62-49(41)59-30(2)36-19-37(53(54,55)56)21-38(57)20-36/h9-12,19-21,23-24,28-30,34,39,43,48,66H,13-18,22,25-27,57H2,1-8H3,(H,60,69)(H,63,67)(H,59,61,62)/t29-,30+,39+,43-,48+/m0/s1. The van der Waals surface area contributed by atoms with Crippen molar-refractivity contribution in [2.24, 2.45) is 5.41 Å². The van der Waals surface area contributed by atoms with Crippen LogP contribution in [0.15, 0.2) is 60.1 Å². The number of ether oxygens (including phenoxy) is 3. The molecule has 2 aliphatic heterocycles. The second-order valence-corrected chi connectivity index (χ2v) is 21.0. The van der Waals surface area contributed by atoms with Crippen LogP contribution in [0, 0.1) is 19.3 Å². The van der Waals surface area contributed by atoms with Gasteiger partial charge in [-0.3, -0.25) is 19.2 Å². The van der Waals surface area contributed by atoms with Crippen LogP contribution in [0.3, 0.4) is 0 Å². The third kappa shape index (κ3) is 13.5. The minimum absolute atomic E-state index is 0.00210. The number of fused-ring (bicyclic) bond motifs is 1. The number of aliphatic hydroxyl groups excluding tert-OH is 1. The maximum absolute atomic E-state index is 14.1. The Morgan fingerprint density at radius 2 is 1.59 bits per heavy atom. The minimum Gasteiger partial charge on any atom is -0.496 e. The Labute approximate surface area is 432 Å². The molecule has 4 heterocycles. The van der Waals surface area contributed by atoms with Crippen molar-refractivity contribution in [2.45, 2.75) is 110 Å². The number of piperidine rings is 1. The second-order valence-electron chi connectivity index (χ2n) is 20.1. The number of hydrogen-bond donors (Lipinski definition) is 5. The Hall–Kier alpha value is -6.42. The number of aromatic nitrogens is 3. The number of alkyl halides is 3. The van der Waals surface area contributed by atoms with Crippen LogP contribution >= 0.6 is 11.3 Å². The first-order valence-corrected chi connectivity index (χ1v) is 25.5.